The first kappa shape index (κ1) is 13.3. The normalized spacial score (nSPS) is 24.7. The van der Waals surface area contributed by atoms with Gasteiger partial charge in [0.2, 0.25) is 5.89 Å². The summed E-state index contributed by atoms with van der Waals surface area (Å²) >= 11 is 0. The van der Waals surface area contributed by atoms with E-state index in [2.05, 4.69) is 35.6 Å². The number of nitrogens with one attached hydrogen (secondary N) is 1. The summed E-state index contributed by atoms with van der Waals surface area (Å²) in [7, 11) is 0. The molecule has 0 bridgehead atoms. The Bertz CT molecular complexity index is 802. The van der Waals surface area contributed by atoms with Gasteiger partial charge in [0.05, 0.1) is 5.41 Å². The van der Waals surface area contributed by atoms with Crippen LogP contribution >= 0.6 is 0 Å². The minimum absolute atomic E-state index is 0.128. The summed E-state index contributed by atoms with van der Waals surface area (Å²) in [4.78, 5) is 4.72. The third kappa shape index (κ3) is 2.36. The monoisotopic (exact) mass is 304 g/mol. The number of nitrogens with zero attached hydrogens (tertiary/aromatic N) is 1. The molecule has 3 nitrogen and oxygen atoms in total. The molecule has 23 heavy (non-hydrogen) atoms. The first-order valence-corrected chi connectivity index (χ1v) is 8.48. The van der Waals surface area contributed by atoms with E-state index in [-0.39, 0.29) is 5.41 Å². The van der Waals surface area contributed by atoms with E-state index in [9.17, 15) is 0 Å². The van der Waals surface area contributed by atoms with E-state index < -0.39 is 0 Å². The number of hydrogen-bond acceptors (Lipinski definition) is 3. The van der Waals surface area contributed by atoms with Crippen molar-refractivity contribution in [2.45, 2.75) is 36.6 Å². The SMILES string of the molecule is c1ccc(C2C[C@@H]2NCC2(c3nc4ccccc4o3)CC2)cc1. The highest BCUT2D eigenvalue weighted by atomic mass is 16.3. The zero-order valence-corrected chi connectivity index (χ0v) is 13.0. The van der Waals surface area contributed by atoms with Crippen LogP contribution in [0.15, 0.2) is 59.0 Å². The number of oxazole rings is 1. The van der Waals surface area contributed by atoms with Crippen molar-refractivity contribution < 1.29 is 4.42 Å². The van der Waals surface area contributed by atoms with E-state index >= 15 is 0 Å². The molecule has 5 rings (SSSR count). The van der Waals surface area contributed by atoms with Gasteiger partial charge in [0.25, 0.3) is 0 Å². The van der Waals surface area contributed by atoms with Crippen LogP contribution in [-0.2, 0) is 5.41 Å². The van der Waals surface area contributed by atoms with Gasteiger partial charge in [-0.3, -0.25) is 0 Å². The maximum atomic E-state index is 6.01. The lowest BCUT2D eigenvalue weighted by Crippen LogP contribution is -2.29. The van der Waals surface area contributed by atoms with Crippen molar-refractivity contribution in [1.29, 1.82) is 0 Å². The van der Waals surface area contributed by atoms with Crippen LogP contribution in [-0.4, -0.2) is 17.6 Å². The second kappa shape index (κ2) is 4.93. The number of rotatable bonds is 5. The van der Waals surface area contributed by atoms with E-state index in [1.54, 1.807) is 0 Å². The number of fused-ring (bicyclic) bond motifs is 1. The minimum atomic E-state index is 0.128. The lowest BCUT2D eigenvalue weighted by atomic mass is 10.1. The molecule has 1 unspecified atom stereocenters. The standard InChI is InChI=1S/C20H20N2O/c1-2-6-14(7-3-1)15-12-17(15)21-13-20(10-11-20)19-22-16-8-4-5-9-18(16)23-19/h1-9,15,17,21H,10-13H2/t15?,17-/m0/s1. The van der Waals surface area contributed by atoms with Crippen LogP contribution in [0.2, 0.25) is 0 Å². The Morgan fingerprint density at radius 3 is 2.61 bits per heavy atom. The molecule has 2 atom stereocenters. The van der Waals surface area contributed by atoms with Crippen molar-refractivity contribution in [3.05, 3.63) is 66.1 Å². The molecule has 0 saturated heterocycles. The van der Waals surface area contributed by atoms with Crippen LogP contribution < -0.4 is 5.32 Å². The zero-order chi connectivity index (χ0) is 15.3. The molecule has 1 N–H and O–H groups in total. The lowest BCUT2D eigenvalue weighted by Gasteiger charge is -2.12. The fraction of sp³-hybridized carbons (Fsp3) is 0.350. The van der Waals surface area contributed by atoms with Crippen LogP contribution in [0.4, 0.5) is 0 Å². The minimum Gasteiger partial charge on any atom is -0.440 e. The molecule has 2 saturated carbocycles. The topological polar surface area (TPSA) is 38.1 Å². The lowest BCUT2D eigenvalue weighted by molar-refractivity contribution is 0.434. The molecule has 3 aromatic rings. The molecule has 2 fully saturated rings. The quantitative estimate of drug-likeness (QED) is 0.774. The number of hydrogen-bond donors (Lipinski definition) is 1. The van der Waals surface area contributed by atoms with Gasteiger partial charge in [0.1, 0.15) is 5.52 Å². The molecule has 0 radical (unpaired) electrons. The summed E-state index contributed by atoms with van der Waals surface area (Å²) in [5.74, 6) is 1.60. The van der Waals surface area contributed by atoms with Crippen molar-refractivity contribution in [3.8, 4) is 0 Å². The average Bonchev–Trinajstić information content (AvgIpc) is 3.50. The Labute approximate surface area is 135 Å². The number of benzene rings is 2. The second-order valence-corrected chi connectivity index (χ2v) is 7.01. The van der Waals surface area contributed by atoms with Gasteiger partial charge in [-0.15, -0.1) is 0 Å². The van der Waals surface area contributed by atoms with Crippen LogP contribution in [0, 0.1) is 0 Å². The third-order valence-electron chi connectivity index (χ3n) is 5.32. The molecule has 2 aliphatic carbocycles. The fourth-order valence-corrected chi connectivity index (χ4v) is 3.53. The Morgan fingerprint density at radius 1 is 1.04 bits per heavy atom. The molecule has 3 heteroatoms. The van der Waals surface area contributed by atoms with Crippen molar-refractivity contribution >= 4 is 11.1 Å². The van der Waals surface area contributed by atoms with Gasteiger partial charge in [-0.05, 0) is 37.0 Å². The summed E-state index contributed by atoms with van der Waals surface area (Å²) < 4.78 is 6.01. The molecule has 116 valence electrons. The summed E-state index contributed by atoms with van der Waals surface area (Å²) in [5, 5.41) is 3.75. The largest absolute Gasteiger partial charge is 0.440 e. The average molecular weight is 304 g/mol. The van der Waals surface area contributed by atoms with E-state index in [0.29, 0.717) is 12.0 Å². The summed E-state index contributed by atoms with van der Waals surface area (Å²) in [6, 6.07) is 19.5. The predicted molar refractivity (Wildman–Crippen MR) is 90.5 cm³/mol. The van der Waals surface area contributed by atoms with Crippen molar-refractivity contribution in [2.75, 3.05) is 6.54 Å². The zero-order valence-electron chi connectivity index (χ0n) is 13.0. The van der Waals surface area contributed by atoms with E-state index in [0.717, 1.165) is 23.5 Å². The molecule has 0 amide bonds. The Kier molecular flexibility index (Phi) is 2.86. The molecule has 2 aliphatic rings. The molecular formula is C20H20N2O. The van der Waals surface area contributed by atoms with Crippen LogP contribution in [0.1, 0.15) is 36.6 Å². The summed E-state index contributed by atoms with van der Waals surface area (Å²) in [6.07, 6.45) is 3.60. The second-order valence-electron chi connectivity index (χ2n) is 7.01. The highest BCUT2D eigenvalue weighted by Crippen LogP contribution is 2.49. The molecule has 0 spiro atoms. The van der Waals surface area contributed by atoms with Gasteiger partial charge >= 0.3 is 0 Å². The molecule has 0 aliphatic heterocycles. The maximum Gasteiger partial charge on any atom is 0.202 e. The van der Waals surface area contributed by atoms with Gasteiger partial charge in [-0.1, -0.05) is 42.5 Å². The van der Waals surface area contributed by atoms with Crippen molar-refractivity contribution in [2.24, 2.45) is 0 Å². The van der Waals surface area contributed by atoms with Crippen molar-refractivity contribution in [3.63, 3.8) is 0 Å². The summed E-state index contributed by atoms with van der Waals surface area (Å²) in [6.45, 7) is 0.980. The smallest absolute Gasteiger partial charge is 0.202 e. The Morgan fingerprint density at radius 2 is 1.83 bits per heavy atom. The van der Waals surface area contributed by atoms with Crippen LogP contribution in [0.25, 0.3) is 11.1 Å². The summed E-state index contributed by atoms with van der Waals surface area (Å²) in [5.41, 5.74) is 3.46. The Hall–Kier alpha value is -2.13. The van der Waals surface area contributed by atoms with Gasteiger partial charge in [0, 0.05) is 18.5 Å². The highest BCUT2D eigenvalue weighted by Gasteiger charge is 2.50. The number of para-hydroxylation sites is 2. The maximum absolute atomic E-state index is 6.01. The molecule has 2 aromatic carbocycles. The van der Waals surface area contributed by atoms with Gasteiger partial charge < -0.3 is 9.73 Å². The third-order valence-corrected chi connectivity index (χ3v) is 5.32. The van der Waals surface area contributed by atoms with Gasteiger partial charge in [-0.2, -0.15) is 0 Å². The van der Waals surface area contributed by atoms with E-state index in [4.69, 9.17) is 9.40 Å². The fourth-order valence-electron chi connectivity index (χ4n) is 3.53. The van der Waals surface area contributed by atoms with Gasteiger partial charge in [-0.25, -0.2) is 4.98 Å². The van der Waals surface area contributed by atoms with Crippen LogP contribution in [0.3, 0.4) is 0 Å². The predicted octanol–water partition coefficient (Wildman–Crippen LogP) is 4.01. The molecule has 1 heterocycles. The first-order chi connectivity index (χ1) is 11.3. The van der Waals surface area contributed by atoms with Gasteiger partial charge in [0.15, 0.2) is 5.58 Å². The highest BCUT2D eigenvalue weighted by molar-refractivity contribution is 5.72. The van der Waals surface area contributed by atoms with E-state index in [1.165, 1.54) is 24.8 Å². The van der Waals surface area contributed by atoms with E-state index in [1.807, 2.05) is 24.3 Å². The molecule has 1 aromatic heterocycles. The number of aromatic nitrogens is 1. The van der Waals surface area contributed by atoms with Crippen LogP contribution in [0.5, 0.6) is 0 Å². The van der Waals surface area contributed by atoms with Crippen molar-refractivity contribution in [1.82, 2.24) is 10.3 Å². The Balaban J connectivity index is 1.28. The first-order valence-electron chi connectivity index (χ1n) is 8.48. The molecular weight excluding hydrogens is 284 g/mol.